The fraction of sp³-hybridized carbons (Fsp3) is 0.444. The van der Waals surface area contributed by atoms with E-state index in [0.717, 1.165) is 11.8 Å². The lowest BCUT2D eigenvalue weighted by molar-refractivity contribution is 0.0788. The molecule has 1 heterocycles. The molecular weight excluding hydrogens is 293 g/mol. The quantitative estimate of drug-likeness (QED) is 0.921. The van der Waals surface area contributed by atoms with Gasteiger partial charge in [-0.15, -0.1) is 0 Å². The zero-order valence-electron chi connectivity index (χ0n) is 14.1. The molecule has 0 fully saturated rings. The van der Waals surface area contributed by atoms with Crippen LogP contribution in [-0.2, 0) is 0 Å². The molecule has 0 saturated heterocycles. The number of hydrogen-bond donors (Lipinski definition) is 1. The van der Waals surface area contributed by atoms with E-state index in [9.17, 15) is 9.18 Å². The second-order valence-corrected chi connectivity index (χ2v) is 6.38. The summed E-state index contributed by atoms with van der Waals surface area (Å²) in [5.41, 5.74) is 7.75. The fourth-order valence-electron chi connectivity index (χ4n) is 2.44. The molecule has 0 saturated carbocycles. The largest absolute Gasteiger partial charge is 0.342 e. The molecule has 0 aliphatic heterocycles. The van der Waals surface area contributed by atoms with E-state index < -0.39 is 0 Å². The van der Waals surface area contributed by atoms with Gasteiger partial charge in [0.05, 0.1) is 16.8 Å². The van der Waals surface area contributed by atoms with Crippen LogP contribution < -0.4 is 5.73 Å². The molecule has 2 N–H and O–H groups in total. The molecule has 124 valence electrons. The average molecular weight is 317 g/mol. The van der Waals surface area contributed by atoms with E-state index in [4.69, 9.17) is 5.73 Å². The smallest absolute Gasteiger partial charge is 0.255 e. The average Bonchev–Trinajstić information content (AvgIpc) is 2.50. The van der Waals surface area contributed by atoms with Gasteiger partial charge in [0.15, 0.2) is 0 Å². The van der Waals surface area contributed by atoms with Gasteiger partial charge in [0.1, 0.15) is 5.82 Å². The highest BCUT2D eigenvalue weighted by Crippen LogP contribution is 2.19. The predicted octanol–water partition coefficient (Wildman–Crippen LogP) is 3.13. The van der Waals surface area contributed by atoms with Gasteiger partial charge in [0.2, 0.25) is 0 Å². The van der Waals surface area contributed by atoms with Crippen molar-refractivity contribution < 1.29 is 9.18 Å². The Bertz CT molecular complexity index is 715. The second kappa shape index (κ2) is 7.04. The number of aryl methyl sites for hydroxylation is 1. The maximum absolute atomic E-state index is 13.3. The Hall–Kier alpha value is -2.01. The lowest BCUT2D eigenvalue weighted by atomic mass is 10.0. The number of fused-ring (bicyclic) bond motifs is 1. The molecule has 0 radical (unpaired) electrons. The van der Waals surface area contributed by atoms with Crippen molar-refractivity contribution in [1.82, 2.24) is 9.88 Å². The number of aromatic nitrogens is 1. The van der Waals surface area contributed by atoms with Crippen molar-refractivity contribution in [2.75, 3.05) is 13.6 Å². The molecule has 5 heteroatoms. The van der Waals surface area contributed by atoms with Gasteiger partial charge in [0.25, 0.3) is 5.91 Å². The Morgan fingerprint density at radius 2 is 2.04 bits per heavy atom. The Morgan fingerprint density at radius 3 is 2.70 bits per heavy atom. The lowest BCUT2D eigenvalue weighted by Crippen LogP contribution is -2.35. The number of carbonyl (C=O) groups is 1. The summed E-state index contributed by atoms with van der Waals surface area (Å²) in [6, 6.07) is 6.24. The molecule has 1 unspecified atom stereocenters. The Balaban J connectivity index is 2.20. The van der Waals surface area contributed by atoms with Crippen molar-refractivity contribution >= 4 is 16.8 Å². The van der Waals surface area contributed by atoms with Gasteiger partial charge in [-0.3, -0.25) is 9.78 Å². The molecule has 1 atom stereocenters. The summed E-state index contributed by atoms with van der Waals surface area (Å²) in [7, 11) is 1.77. The number of benzene rings is 1. The zero-order chi connectivity index (χ0) is 17.1. The summed E-state index contributed by atoms with van der Waals surface area (Å²) in [6.07, 6.45) is 0.755. The highest BCUT2D eigenvalue weighted by atomic mass is 19.1. The van der Waals surface area contributed by atoms with Crippen molar-refractivity contribution in [3.63, 3.8) is 0 Å². The molecule has 1 aromatic heterocycles. The van der Waals surface area contributed by atoms with Crippen LogP contribution >= 0.6 is 0 Å². The van der Waals surface area contributed by atoms with Gasteiger partial charge in [-0.2, -0.15) is 0 Å². The van der Waals surface area contributed by atoms with E-state index in [-0.39, 0.29) is 17.8 Å². The van der Waals surface area contributed by atoms with Crippen molar-refractivity contribution in [2.45, 2.75) is 33.2 Å². The van der Waals surface area contributed by atoms with Crippen LogP contribution in [0.25, 0.3) is 10.9 Å². The molecule has 23 heavy (non-hydrogen) atoms. The first kappa shape index (κ1) is 17.3. The predicted molar refractivity (Wildman–Crippen MR) is 90.8 cm³/mol. The maximum Gasteiger partial charge on any atom is 0.255 e. The van der Waals surface area contributed by atoms with Crippen molar-refractivity contribution in [3.8, 4) is 0 Å². The number of amides is 1. The van der Waals surface area contributed by atoms with Crippen LogP contribution in [0.15, 0.2) is 24.3 Å². The summed E-state index contributed by atoms with van der Waals surface area (Å²) in [5.74, 6) is -0.0297. The molecule has 0 aliphatic carbocycles. The number of pyridine rings is 1. The van der Waals surface area contributed by atoms with Crippen molar-refractivity contribution in [1.29, 1.82) is 0 Å². The van der Waals surface area contributed by atoms with E-state index in [1.54, 1.807) is 31.0 Å². The molecule has 1 aromatic carbocycles. The molecule has 2 rings (SSSR count). The summed E-state index contributed by atoms with van der Waals surface area (Å²) in [6.45, 7) is 6.51. The van der Waals surface area contributed by atoms with E-state index in [1.165, 1.54) is 12.1 Å². The Labute approximate surface area is 136 Å². The molecule has 1 amide bonds. The number of carbonyl (C=O) groups excluding carboxylic acids is 1. The van der Waals surface area contributed by atoms with Crippen LogP contribution in [0, 0.1) is 18.7 Å². The summed E-state index contributed by atoms with van der Waals surface area (Å²) in [5, 5.41) is 0.757. The van der Waals surface area contributed by atoms with Crippen LogP contribution in [0.5, 0.6) is 0 Å². The van der Waals surface area contributed by atoms with Crippen LogP contribution in [0.1, 0.15) is 36.3 Å². The van der Waals surface area contributed by atoms with Gasteiger partial charge >= 0.3 is 0 Å². The van der Waals surface area contributed by atoms with Gasteiger partial charge in [0, 0.05) is 31.1 Å². The SMILES string of the molecule is Cc1nc2cc(F)ccc2cc1C(=O)N(C)CCC(N)C(C)C. The normalized spacial score (nSPS) is 12.7. The minimum atomic E-state index is -0.330. The third-order valence-corrected chi connectivity index (χ3v) is 4.20. The topological polar surface area (TPSA) is 59.2 Å². The second-order valence-electron chi connectivity index (χ2n) is 6.38. The van der Waals surface area contributed by atoms with Gasteiger partial charge < -0.3 is 10.6 Å². The van der Waals surface area contributed by atoms with E-state index in [0.29, 0.717) is 29.2 Å². The van der Waals surface area contributed by atoms with Crippen LogP contribution in [0.2, 0.25) is 0 Å². The summed E-state index contributed by atoms with van der Waals surface area (Å²) < 4.78 is 13.3. The number of halogens is 1. The van der Waals surface area contributed by atoms with Crippen molar-refractivity contribution in [3.05, 3.63) is 41.3 Å². The third kappa shape index (κ3) is 4.05. The first-order valence-electron chi connectivity index (χ1n) is 7.87. The molecular formula is C18H24FN3O. The minimum absolute atomic E-state index is 0.0732. The maximum atomic E-state index is 13.3. The highest BCUT2D eigenvalue weighted by molar-refractivity contribution is 5.98. The van der Waals surface area contributed by atoms with Crippen LogP contribution in [0.3, 0.4) is 0 Å². The standard InChI is InChI=1S/C18H24FN3O/c1-11(2)16(20)7-8-22(4)18(23)15-9-13-5-6-14(19)10-17(13)21-12(15)3/h5-6,9-11,16H,7-8,20H2,1-4H3. The molecule has 0 aliphatic rings. The summed E-state index contributed by atoms with van der Waals surface area (Å²) in [4.78, 5) is 18.6. The van der Waals surface area contributed by atoms with Crippen LogP contribution in [-0.4, -0.2) is 35.4 Å². The molecule has 4 nitrogen and oxygen atoms in total. The molecule has 2 aromatic rings. The fourth-order valence-corrected chi connectivity index (χ4v) is 2.44. The molecule has 0 spiro atoms. The first-order chi connectivity index (χ1) is 10.8. The van der Waals surface area contributed by atoms with Gasteiger partial charge in [-0.1, -0.05) is 13.8 Å². The van der Waals surface area contributed by atoms with E-state index in [2.05, 4.69) is 18.8 Å². The number of nitrogens with zero attached hydrogens (tertiary/aromatic N) is 2. The van der Waals surface area contributed by atoms with Gasteiger partial charge in [-0.05, 0) is 37.5 Å². The third-order valence-electron chi connectivity index (χ3n) is 4.20. The Morgan fingerprint density at radius 1 is 1.35 bits per heavy atom. The Kier molecular flexibility index (Phi) is 5.31. The first-order valence-corrected chi connectivity index (χ1v) is 7.87. The number of hydrogen-bond acceptors (Lipinski definition) is 3. The van der Waals surface area contributed by atoms with Crippen LogP contribution in [0.4, 0.5) is 4.39 Å². The van der Waals surface area contributed by atoms with Gasteiger partial charge in [-0.25, -0.2) is 4.39 Å². The molecule has 0 bridgehead atoms. The number of rotatable bonds is 5. The summed E-state index contributed by atoms with van der Waals surface area (Å²) >= 11 is 0. The monoisotopic (exact) mass is 317 g/mol. The van der Waals surface area contributed by atoms with E-state index in [1.807, 2.05) is 0 Å². The van der Waals surface area contributed by atoms with E-state index >= 15 is 0 Å². The van der Waals surface area contributed by atoms with Crippen molar-refractivity contribution in [2.24, 2.45) is 11.7 Å². The zero-order valence-corrected chi connectivity index (χ0v) is 14.1. The highest BCUT2D eigenvalue weighted by Gasteiger charge is 2.17. The minimum Gasteiger partial charge on any atom is -0.342 e. The number of nitrogens with two attached hydrogens (primary N) is 1. The lowest BCUT2D eigenvalue weighted by Gasteiger charge is -2.22.